The Hall–Kier alpha value is -8.09. The summed E-state index contributed by atoms with van der Waals surface area (Å²) in [5, 5.41) is 21.6. The van der Waals surface area contributed by atoms with Gasteiger partial charge < -0.3 is 54.3 Å². The zero-order chi connectivity index (χ0) is 66.8. The summed E-state index contributed by atoms with van der Waals surface area (Å²) in [5.74, 6) is -2.53. The van der Waals surface area contributed by atoms with E-state index in [9.17, 15) is 62.6 Å². The lowest BCUT2D eigenvalue weighted by Crippen LogP contribution is -2.58. The van der Waals surface area contributed by atoms with Crippen molar-refractivity contribution >= 4 is 95.0 Å². The lowest BCUT2D eigenvalue weighted by molar-refractivity contribution is -0.151. The number of nitrogens with one attached hydrogen (secondary N) is 3. The van der Waals surface area contributed by atoms with Crippen LogP contribution < -0.4 is 39.7 Å². The van der Waals surface area contributed by atoms with Crippen molar-refractivity contribution in [3.8, 4) is 17.2 Å². The largest absolute Gasteiger partial charge is 0.524 e. The predicted molar refractivity (Wildman–Crippen MR) is 342 cm³/mol. The van der Waals surface area contributed by atoms with Gasteiger partial charge in [-0.05, 0) is 126 Å². The van der Waals surface area contributed by atoms with Gasteiger partial charge in [0, 0.05) is 87.0 Å². The molecule has 0 bridgehead atoms. The van der Waals surface area contributed by atoms with Gasteiger partial charge >= 0.3 is 20.0 Å². The highest BCUT2D eigenvalue weighted by molar-refractivity contribution is 7.46. The Morgan fingerprint density at radius 3 is 2.16 bits per heavy atom. The van der Waals surface area contributed by atoms with E-state index < -0.39 is 67.1 Å². The number of halogens is 1. The van der Waals surface area contributed by atoms with Crippen LogP contribution in [0.15, 0.2) is 78.9 Å². The number of carbonyl (C=O) groups excluding carboxylic acids is 9. The molecule has 1 saturated carbocycles. The van der Waals surface area contributed by atoms with Crippen LogP contribution in [0.4, 0.5) is 21.0 Å². The first-order valence-corrected chi connectivity index (χ1v) is 33.6. The molecule has 5 aliphatic rings. The van der Waals surface area contributed by atoms with E-state index in [1.807, 2.05) is 0 Å². The highest BCUT2D eigenvalue weighted by Gasteiger charge is 2.51. The second-order valence-corrected chi connectivity index (χ2v) is 26.5. The van der Waals surface area contributed by atoms with Crippen LogP contribution >= 0.6 is 19.4 Å². The van der Waals surface area contributed by atoms with Gasteiger partial charge in [-0.1, -0.05) is 55.0 Å². The Balaban J connectivity index is 0.820. The summed E-state index contributed by atoms with van der Waals surface area (Å²) in [6.45, 7) is 6.41. The maximum Gasteiger partial charge on any atom is 0.524 e. The van der Waals surface area contributed by atoms with Gasteiger partial charge in [-0.25, -0.2) is 19.1 Å². The van der Waals surface area contributed by atoms with E-state index in [2.05, 4.69) is 16.0 Å². The Bertz CT molecular complexity index is 3550. The highest BCUT2D eigenvalue weighted by atomic mass is 35.5. The second-order valence-electron chi connectivity index (χ2n) is 25.0. The molecule has 4 aromatic carbocycles. The minimum atomic E-state index is -4.96. The number of alkyl halides is 1. The van der Waals surface area contributed by atoms with Crippen LogP contribution in [-0.4, -0.2) is 154 Å². The fourth-order valence-corrected chi connectivity index (χ4v) is 13.1. The quantitative estimate of drug-likeness (QED) is 0.00986. The van der Waals surface area contributed by atoms with Crippen molar-refractivity contribution in [1.29, 1.82) is 0 Å². The summed E-state index contributed by atoms with van der Waals surface area (Å²) >= 11 is 6.42. The molecule has 4 atom stereocenters. The van der Waals surface area contributed by atoms with E-state index in [0.717, 1.165) is 15.4 Å². The molecular formula is C66H81ClN7O18P. The molecule has 27 heteroatoms. The molecule has 4 aliphatic heterocycles. The van der Waals surface area contributed by atoms with Gasteiger partial charge in [0.15, 0.2) is 23.5 Å². The predicted octanol–water partition coefficient (Wildman–Crippen LogP) is 7.99. The number of amides is 8. The average Bonchev–Trinajstić information content (AvgIpc) is 1.67. The van der Waals surface area contributed by atoms with Gasteiger partial charge in [-0.2, -0.15) is 0 Å². The Kier molecular flexibility index (Phi) is 22.6. The number of alkyl carbamates (subject to hydrolysis) is 1. The number of methoxy groups -OCH3 is 1. The molecule has 1 saturated heterocycles. The molecule has 8 amide bonds. The van der Waals surface area contributed by atoms with Crippen LogP contribution in [0, 0.1) is 5.41 Å². The number of phosphoric acid groups is 1. The van der Waals surface area contributed by atoms with Gasteiger partial charge in [-0.3, -0.25) is 48.2 Å². The summed E-state index contributed by atoms with van der Waals surface area (Å²) in [7, 11) is -3.56. The van der Waals surface area contributed by atoms with Crippen molar-refractivity contribution in [2.75, 3.05) is 62.1 Å². The summed E-state index contributed by atoms with van der Waals surface area (Å²) in [4.78, 5) is 145. The Morgan fingerprint density at radius 1 is 0.796 bits per heavy atom. The first-order valence-electron chi connectivity index (χ1n) is 31.6. The van der Waals surface area contributed by atoms with Crippen LogP contribution in [-0.2, 0) is 55.8 Å². The second kappa shape index (κ2) is 30.3. The summed E-state index contributed by atoms with van der Waals surface area (Å²) in [6.07, 6.45) is 5.09. The number of rotatable bonds is 29. The van der Waals surface area contributed by atoms with E-state index >= 15 is 0 Å². The molecule has 9 rings (SSSR count). The number of nitrogens with zero attached hydrogens (tertiary/aromatic N) is 4. The third-order valence-corrected chi connectivity index (χ3v) is 18.2. The number of hydrogen-bond acceptors (Lipinski definition) is 16. The third kappa shape index (κ3) is 16.6. The number of unbranched alkanes of at least 4 members (excludes halogenated alkanes) is 4. The van der Waals surface area contributed by atoms with E-state index in [1.165, 1.54) is 42.4 Å². The number of ether oxygens (including phenoxy) is 4. The molecule has 6 N–H and O–H groups in total. The van der Waals surface area contributed by atoms with E-state index in [1.54, 1.807) is 74.2 Å². The van der Waals surface area contributed by atoms with Crippen LogP contribution in [0.3, 0.4) is 0 Å². The number of phosphoric ester groups is 1. The van der Waals surface area contributed by atoms with Crippen molar-refractivity contribution in [2.45, 2.75) is 154 Å². The number of benzene rings is 4. The van der Waals surface area contributed by atoms with Crippen LogP contribution in [0.25, 0.3) is 10.8 Å². The molecule has 93 heavy (non-hydrogen) atoms. The number of hydrogen-bond donors (Lipinski definition) is 6. The fourth-order valence-electron chi connectivity index (χ4n) is 12.5. The molecule has 0 radical (unpaired) electrons. The maximum atomic E-state index is 14.4. The van der Waals surface area contributed by atoms with Crippen LogP contribution in [0.5, 0.6) is 17.2 Å². The molecule has 4 heterocycles. The van der Waals surface area contributed by atoms with Gasteiger partial charge in [0.05, 0.1) is 42.7 Å². The molecule has 4 aromatic rings. The average molecular weight is 1330 g/mol. The first-order chi connectivity index (χ1) is 44.4. The van der Waals surface area contributed by atoms with Gasteiger partial charge in [0.1, 0.15) is 23.4 Å². The SMILES string of the molecule is COc1cc2c(cc1OCCCCC(=O)N1C[C@@H](CCl)c3c1cc(OP(=O)(O)O)c1ccccc31)N(C(=O)OCc1ccc(CC(=O)[C@H](CCCCNC(=O)OC(C)(C)C)NC(=O)C3(C(=O)NCCCCCN4C(=O)C=CC4=O)CCC3)cc1)C(O)[C@@H]1CCCN1C2=O. The summed E-state index contributed by atoms with van der Waals surface area (Å²) in [5.41, 5.74) is 0.344. The van der Waals surface area contributed by atoms with Crippen LogP contribution in [0.1, 0.15) is 144 Å². The number of aliphatic hydroxyl groups excluding tert-OH is 1. The topological polar surface area (TPSA) is 327 Å². The third-order valence-electron chi connectivity index (χ3n) is 17.4. The van der Waals surface area contributed by atoms with E-state index in [-0.39, 0.29) is 122 Å². The zero-order valence-corrected chi connectivity index (χ0v) is 54.3. The summed E-state index contributed by atoms with van der Waals surface area (Å²) < 4.78 is 40.2. The minimum absolute atomic E-state index is 0.0190. The maximum absolute atomic E-state index is 14.4. The minimum Gasteiger partial charge on any atom is -0.493 e. The Morgan fingerprint density at radius 2 is 1.48 bits per heavy atom. The number of Topliss-reactive ketones (excluding diaryl/α,β-unsaturated/α-hetero) is 1. The number of carbonyl (C=O) groups is 9. The number of aliphatic hydroxyl groups is 1. The number of fused-ring (bicyclic) bond motifs is 5. The van der Waals surface area contributed by atoms with Crippen molar-refractivity contribution in [1.82, 2.24) is 25.8 Å². The van der Waals surface area contributed by atoms with E-state index in [0.29, 0.717) is 111 Å². The zero-order valence-electron chi connectivity index (χ0n) is 52.7. The lowest BCUT2D eigenvalue weighted by Gasteiger charge is -2.39. The standard InChI is InChI=1S/C66H81ClN7O18P/c1-65(2,3)91-63(83)69-30-11-8-18-47(70-62(82)66(27-15-28-66)61(81)68-29-10-5-12-31-72-56(77)25-26-57(72)78)51(75)34-41-21-23-42(24-22-41)40-90-64(84)74-49-36-54(53(88-4)35-46(49)59(79)71-32-14-19-48(71)60(74)80)89-33-13-9-20-55(76)73-39-43(38-67)58-45-17-7-6-16-44(45)52(37-50(58)73)92-93(85,86)87/h6-7,16-17,21-26,35-37,43,47-48,60,80H,5,8-15,18-20,27-34,38-40H2,1-4H3,(H,68,81)(H,69,83)(H,70,82)(H2,85,86,87)/t43-,47+,48+,60?/m1/s1. The van der Waals surface area contributed by atoms with Crippen LogP contribution in [0.2, 0.25) is 0 Å². The molecule has 1 unspecified atom stereocenters. The molecule has 500 valence electrons. The smallest absolute Gasteiger partial charge is 0.493 e. The first kappa shape index (κ1) is 69.3. The number of imide groups is 1. The molecule has 2 fully saturated rings. The van der Waals surface area contributed by atoms with E-state index in [4.69, 9.17) is 35.1 Å². The van der Waals surface area contributed by atoms with Crippen molar-refractivity contribution < 1.29 is 86.1 Å². The molecule has 0 spiro atoms. The normalized spacial score (nSPS) is 18.5. The molecular weight excluding hydrogens is 1250 g/mol. The number of ketones is 1. The van der Waals surface area contributed by atoms with Gasteiger partial charge in [0.2, 0.25) is 17.7 Å². The summed E-state index contributed by atoms with van der Waals surface area (Å²) in [6, 6.07) is 16.3. The van der Waals surface area contributed by atoms with Crippen molar-refractivity contribution in [2.24, 2.45) is 5.41 Å². The molecule has 1 aliphatic carbocycles. The Labute approximate surface area is 544 Å². The molecule has 0 aromatic heterocycles. The molecule has 25 nitrogen and oxygen atoms in total. The van der Waals surface area contributed by atoms with Gasteiger partial charge in [-0.15, -0.1) is 11.6 Å². The highest BCUT2D eigenvalue weighted by Crippen LogP contribution is 2.50. The van der Waals surface area contributed by atoms with Gasteiger partial charge in [0.25, 0.3) is 17.7 Å². The number of anilines is 2. The lowest BCUT2D eigenvalue weighted by atomic mass is 9.67. The fraction of sp³-hybridized carbons (Fsp3) is 0.500. The van der Waals surface area contributed by atoms with Crippen molar-refractivity contribution in [3.05, 3.63) is 101 Å². The van der Waals surface area contributed by atoms with Crippen molar-refractivity contribution in [3.63, 3.8) is 0 Å². The monoisotopic (exact) mass is 1330 g/mol.